The zero-order valence-corrected chi connectivity index (χ0v) is 15.9. The lowest BCUT2D eigenvalue weighted by molar-refractivity contribution is -0.143. The molecule has 7 nitrogen and oxygen atoms in total. The lowest BCUT2D eigenvalue weighted by Crippen LogP contribution is -2.40. The zero-order valence-electron chi connectivity index (χ0n) is 15.9. The van der Waals surface area contributed by atoms with Gasteiger partial charge in [-0.25, -0.2) is 4.98 Å². The van der Waals surface area contributed by atoms with E-state index in [2.05, 4.69) is 5.10 Å². The molecule has 0 unspecified atom stereocenters. The number of piperidine rings is 1. The van der Waals surface area contributed by atoms with Crippen molar-refractivity contribution in [2.24, 2.45) is 13.0 Å². The van der Waals surface area contributed by atoms with Gasteiger partial charge in [-0.3, -0.25) is 14.3 Å². The molecule has 0 spiro atoms. The Morgan fingerprint density at radius 2 is 1.82 bits per heavy atom. The van der Waals surface area contributed by atoms with Gasteiger partial charge in [0.2, 0.25) is 0 Å². The van der Waals surface area contributed by atoms with Crippen LogP contribution in [0.1, 0.15) is 28.9 Å². The summed E-state index contributed by atoms with van der Waals surface area (Å²) in [6, 6.07) is 11.6. The van der Waals surface area contributed by atoms with Gasteiger partial charge in [-0.2, -0.15) is 5.10 Å². The van der Waals surface area contributed by atoms with Crippen LogP contribution in [0, 0.1) is 12.8 Å². The number of likely N-dealkylation sites (tertiary alicyclic amines) is 1. The van der Waals surface area contributed by atoms with Crippen LogP contribution < -0.4 is 0 Å². The average Bonchev–Trinajstić information content (AvgIpc) is 3.01. The number of aromatic nitrogens is 3. The molecule has 1 aliphatic heterocycles. The van der Waals surface area contributed by atoms with Crippen LogP contribution in [-0.2, 0) is 11.8 Å². The van der Waals surface area contributed by atoms with Crippen molar-refractivity contribution < 1.29 is 14.7 Å². The number of nitrogens with zero attached hydrogens (tertiary/aromatic N) is 4. The van der Waals surface area contributed by atoms with Gasteiger partial charge in [0.15, 0.2) is 5.65 Å². The molecule has 0 aliphatic carbocycles. The number of pyridine rings is 1. The van der Waals surface area contributed by atoms with Gasteiger partial charge in [-0.1, -0.05) is 30.3 Å². The molecule has 28 heavy (non-hydrogen) atoms. The number of carboxylic acids is 1. The quantitative estimate of drug-likeness (QED) is 0.757. The molecule has 1 saturated heterocycles. The topological polar surface area (TPSA) is 88.3 Å². The maximum atomic E-state index is 13.3. The van der Waals surface area contributed by atoms with Crippen molar-refractivity contribution in [3.8, 4) is 11.3 Å². The van der Waals surface area contributed by atoms with Crippen molar-refractivity contribution in [1.29, 1.82) is 0 Å². The second-order valence-electron chi connectivity index (χ2n) is 7.23. The van der Waals surface area contributed by atoms with Crippen molar-refractivity contribution in [1.82, 2.24) is 19.7 Å². The van der Waals surface area contributed by atoms with Crippen LogP contribution in [0.25, 0.3) is 22.3 Å². The van der Waals surface area contributed by atoms with Crippen LogP contribution in [-0.4, -0.2) is 49.7 Å². The van der Waals surface area contributed by atoms with Crippen molar-refractivity contribution in [3.05, 3.63) is 47.7 Å². The number of carboxylic acid groups (broad SMARTS) is 1. The molecule has 1 N–H and O–H groups in total. The molecule has 2 aromatic heterocycles. The Morgan fingerprint density at radius 1 is 1.14 bits per heavy atom. The number of rotatable bonds is 3. The third-order valence-electron chi connectivity index (χ3n) is 5.40. The standard InChI is InChI=1S/C21H22N4O3/c1-13-18-16(20(26)25-10-8-15(9-11-25)21(27)28)12-17(14-6-4-3-5-7-14)22-19(18)24(2)23-13/h3-7,12,15H,8-11H2,1-2H3,(H,27,28). The number of amides is 1. The molecule has 0 bridgehead atoms. The van der Waals surface area contributed by atoms with Crippen molar-refractivity contribution in [3.63, 3.8) is 0 Å². The number of carbonyl (C=O) groups is 2. The highest BCUT2D eigenvalue weighted by molar-refractivity contribution is 6.07. The Bertz CT molecular complexity index is 1050. The van der Waals surface area contributed by atoms with Gasteiger partial charge in [0.05, 0.1) is 28.3 Å². The summed E-state index contributed by atoms with van der Waals surface area (Å²) >= 11 is 0. The summed E-state index contributed by atoms with van der Waals surface area (Å²) in [5.74, 6) is -1.25. The maximum absolute atomic E-state index is 13.3. The van der Waals surface area contributed by atoms with Crippen molar-refractivity contribution in [2.75, 3.05) is 13.1 Å². The molecular weight excluding hydrogens is 356 g/mol. The van der Waals surface area contributed by atoms with Crippen molar-refractivity contribution >= 4 is 22.9 Å². The number of benzene rings is 1. The number of hydrogen-bond acceptors (Lipinski definition) is 4. The van der Waals surface area contributed by atoms with E-state index in [1.165, 1.54) is 0 Å². The summed E-state index contributed by atoms with van der Waals surface area (Å²) in [4.78, 5) is 31.0. The Morgan fingerprint density at radius 3 is 2.46 bits per heavy atom. The van der Waals surface area contributed by atoms with E-state index in [4.69, 9.17) is 4.98 Å². The monoisotopic (exact) mass is 378 g/mol. The Balaban J connectivity index is 1.77. The molecule has 0 saturated carbocycles. The molecule has 0 atom stereocenters. The molecule has 1 fully saturated rings. The Labute approximate surface area is 162 Å². The van der Waals surface area contributed by atoms with E-state index in [0.29, 0.717) is 37.1 Å². The van der Waals surface area contributed by atoms with E-state index in [-0.39, 0.29) is 11.8 Å². The molecule has 7 heteroatoms. The molecule has 1 aromatic carbocycles. The molecule has 4 rings (SSSR count). The smallest absolute Gasteiger partial charge is 0.306 e. The van der Waals surface area contributed by atoms with Crippen LogP contribution in [0.2, 0.25) is 0 Å². The van der Waals surface area contributed by atoms with Gasteiger partial charge >= 0.3 is 5.97 Å². The fraction of sp³-hybridized carbons (Fsp3) is 0.333. The van der Waals surface area contributed by atoms with Crippen LogP contribution in [0.4, 0.5) is 0 Å². The molecule has 3 aromatic rings. The largest absolute Gasteiger partial charge is 0.481 e. The zero-order chi connectivity index (χ0) is 19.8. The van der Waals surface area contributed by atoms with Crippen LogP contribution in [0.5, 0.6) is 0 Å². The van der Waals surface area contributed by atoms with Gasteiger partial charge in [-0.05, 0) is 25.8 Å². The normalized spacial score (nSPS) is 15.1. The highest BCUT2D eigenvalue weighted by atomic mass is 16.4. The van der Waals surface area contributed by atoms with Gasteiger partial charge in [0.1, 0.15) is 0 Å². The van der Waals surface area contributed by atoms with E-state index in [1.54, 1.807) is 9.58 Å². The van der Waals surface area contributed by atoms with Crippen LogP contribution >= 0.6 is 0 Å². The summed E-state index contributed by atoms with van der Waals surface area (Å²) in [5.41, 5.74) is 3.65. The summed E-state index contributed by atoms with van der Waals surface area (Å²) in [6.45, 7) is 2.76. The number of aryl methyl sites for hydroxylation is 2. The predicted molar refractivity (Wildman–Crippen MR) is 105 cm³/mol. The molecular formula is C21H22N4O3. The fourth-order valence-electron chi connectivity index (χ4n) is 3.87. The number of aliphatic carboxylic acids is 1. The first kappa shape index (κ1) is 18.2. The van der Waals surface area contributed by atoms with Gasteiger partial charge in [0, 0.05) is 25.7 Å². The van der Waals surface area contributed by atoms with Crippen LogP contribution in [0.15, 0.2) is 36.4 Å². The van der Waals surface area contributed by atoms with Crippen molar-refractivity contribution in [2.45, 2.75) is 19.8 Å². The lowest BCUT2D eigenvalue weighted by Gasteiger charge is -2.30. The minimum absolute atomic E-state index is 0.0930. The van der Waals surface area contributed by atoms with E-state index in [1.807, 2.05) is 50.4 Å². The Kier molecular flexibility index (Phi) is 4.58. The van der Waals surface area contributed by atoms with Gasteiger partial charge in [0.25, 0.3) is 5.91 Å². The summed E-state index contributed by atoms with van der Waals surface area (Å²) < 4.78 is 1.70. The Hall–Kier alpha value is -3.22. The summed E-state index contributed by atoms with van der Waals surface area (Å²) in [7, 11) is 1.82. The number of carbonyl (C=O) groups excluding carboxylic acids is 1. The third-order valence-corrected chi connectivity index (χ3v) is 5.40. The predicted octanol–water partition coefficient (Wildman–Crippen LogP) is 2.88. The lowest BCUT2D eigenvalue weighted by atomic mass is 9.96. The number of hydrogen-bond donors (Lipinski definition) is 1. The van der Waals surface area contributed by atoms with Gasteiger partial charge < -0.3 is 10.0 Å². The highest BCUT2D eigenvalue weighted by Gasteiger charge is 2.29. The molecule has 3 heterocycles. The first-order chi connectivity index (χ1) is 13.5. The second-order valence-corrected chi connectivity index (χ2v) is 7.23. The SMILES string of the molecule is Cc1nn(C)c2nc(-c3ccccc3)cc(C(=O)N3CCC(C(=O)O)CC3)c12. The summed E-state index contributed by atoms with van der Waals surface area (Å²) in [6.07, 6.45) is 0.958. The third kappa shape index (κ3) is 3.13. The fourth-order valence-corrected chi connectivity index (χ4v) is 3.87. The second kappa shape index (κ2) is 7.07. The molecule has 1 aliphatic rings. The maximum Gasteiger partial charge on any atom is 0.306 e. The minimum Gasteiger partial charge on any atom is -0.481 e. The number of fused-ring (bicyclic) bond motifs is 1. The summed E-state index contributed by atoms with van der Waals surface area (Å²) in [5, 5.41) is 14.4. The first-order valence-corrected chi connectivity index (χ1v) is 9.37. The van der Waals surface area contributed by atoms with Gasteiger partial charge in [-0.15, -0.1) is 0 Å². The van der Waals surface area contributed by atoms with E-state index in [9.17, 15) is 14.7 Å². The van der Waals surface area contributed by atoms with Crippen LogP contribution in [0.3, 0.4) is 0 Å². The van der Waals surface area contributed by atoms with E-state index in [0.717, 1.165) is 22.3 Å². The van der Waals surface area contributed by atoms with E-state index >= 15 is 0 Å². The average molecular weight is 378 g/mol. The highest BCUT2D eigenvalue weighted by Crippen LogP contribution is 2.29. The molecule has 1 amide bonds. The molecule has 144 valence electrons. The molecule has 0 radical (unpaired) electrons. The first-order valence-electron chi connectivity index (χ1n) is 9.37. The van der Waals surface area contributed by atoms with E-state index < -0.39 is 5.97 Å². The minimum atomic E-state index is -0.784.